The highest BCUT2D eigenvalue weighted by molar-refractivity contribution is 5.83. The Morgan fingerprint density at radius 2 is 2.00 bits per heavy atom. The topological polar surface area (TPSA) is 66.8 Å². The van der Waals surface area contributed by atoms with E-state index in [1.54, 1.807) is 38.1 Å². The number of nitrogens with zero attached hydrogens (tertiary/aromatic N) is 1. The molecule has 0 heterocycles. The van der Waals surface area contributed by atoms with Crippen LogP contribution in [0.3, 0.4) is 0 Å². The molecule has 1 amide bonds. The Kier molecular flexibility index (Phi) is 5.55. The standard InChI is InChI=1S/C15H21NO4/c1-5-20-13-8-6-7-12(9-13)14(15(18)19)16(10(2)3)11(4)17/h6-10,14H,5H2,1-4H3,(H,18,19). The van der Waals surface area contributed by atoms with E-state index >= 15 is 0 Å². The van der Waals surface area contributed by atoms with E-state index in [-0.39, 0.29) is 11.9 Å². The summed E-state index contributed by atoms with van der Waals surface area (Å²) in [6.07, 6.45) is 0. The molecular formula is C15H21NO4. The van der Waals surface area contributed by atoms with Gasteiger partial charge >= 0.3 is 5.97 Å². The Morgan fingerprint density at radius 3 is 2.45 bits per heavy atom. The molecule has 0 aromatic heterocycles. The Morgan fingerprint density at radius 1 is 1.35 bits per heavy atom. The number of carbonyl (C=O) groups is 2. The van der Waals surface area contributed by atoms with Gasteiger partial charge in [-0.25, -0.2) is 4.79 Å². The van der Waals surface area contributed by atoms with Gasteiger partial charge in [-0.1, -0.05) is 12.1 Å². The highest BCUT2D eigenvalue weighted by Gasteiger charge is 2.31. The minimum atomic E-state index is -1.05. The van der Waals surface area contributed by atoms with Crippen LogP contribution in [0.1, 0.15) is 39.3 Å². The molecule has 0 spiro atoms. The van der Waals surface area contributed by atoms with E-state index in [9.17, 15) is 14.7 Å². The number of carboxylic acids is 1. The number of benzene rings is 1. The van der Waals surface area contributed by atoms with Crippen LogP contribution in [0.2, 0.25) is 0 Å². The molecule has 110 valence electrons. The minimum absolute atomic E-state index is 0.204. The number of hydrogen-bond acceptors (Lipinski definition) is 3. The summed E-state index contributed by atoms with van der Waals surface area (Å²) < 4.78 is 5.38. The van der Waals surface area contributed by atoms with E-state index in [1.807, 2.05) is 6.92 Å². The molecule has 0 radical (unpaired) electrons. The Hall–Kier alpha value is -2.04. The maximum atomic E-state index is 11.7. The van der Waals surface area contributed by atoms with Crippen molar-refractivity contribution in [1.29, 1.82) is 0 Å². The summed E-state index contributed by atoms with van der Waals surface area (Å²) in [5.74, 6) is -0.722. The maximum absolute atomic E-state index is 11.7. The molecule has 5 heteroatoms. The zero-order valence-electron chi connectivity index (χ0n) is 12.3. The zero-order chi connectivity index (χ0) is 15.3. The fraction of sp³-hybridized carbons (Fsp3) is 0.467. The summed E-state index contributed by atoms with van der Waals surface area (Å²) in [6, 6.07) is 5.64. The summed E-state index contributed by atoms with van der Waals surface area (Å²) in [6.45, 7) is 7.33. The summed E-state index contributed by atoms with van der Waals surface area (Å²) >= 11 is 0. The molecule has 1 rings (SSSR count). The van der Waals surface area contributed by atoms with Gasteiger partial charge in [-0.15, -0.1) is 0 Å². The molecule has 0 bridgehead atoms. The number of hydrogen-bond donors (Lipinski definition) is 1. The Balaban J connectivity index is 3.22. The molecule has 0 aliphatic rings. The van der Waals surface area contributed by atoms with E-state index in [1.165, 1.54) is 11.8 Å². The van der Waals surface area contributed by atoms with Gasteiger partial charge in [-0.3, -0.25) is 4.79 Å². The molecule has 1 N–H and O–H groups in total. The molecule has 0 saturated heterocycles. The zero-order valence-corrected chi connectivity index (χ0v) is 12.3. The average Bonchev–Trinajstić information content (AvgIpc) is 2.35. The molecular weight excluding hydrogens is 258 g/mol. The largest absolute Gasteiger partial charge is 0.494 e. The van der Waals surface area contributed by atoms with Gasteiger partial charge in [0.15, 0.2) is 6.04 Å². The summed E-state index contributed by atoms with van der Waals surface area (Å²) in [4.78, 5) is 24.7. The predicted octanol–water partition coefficient (Wildman–Crippen LogP) is 2.47. The number of ether oxygens (including phenoxy) is 1. The average molecular weight is 279 g/mol. The minimum Gasteiger partial charge on any atom is -0.494 e. The monoisotopic (exact) mass is 279 g/mol. The maximum Gasteiger partial charge on any atom is 0.331 e. The SMILES string of the molecule is CCOc1cccc(C(C(=O)O)N(C(C)=O)C(C)C)c1. The number of aliphatic carboxylic acids is 1. The van der Waals surface area contributed by atoms with Crippen molar-refractivity contribution in [2.24, 2.45) is 0 Å². The van der Waals surface area contributed by atoms with Crippen molar-refractivity contribution >= 4 is 11.9 Å². The van der Waals surface area contributed by atoms with Crippen molar-refractivity contribution in [3.8, 4) is 5.75 Å². The molecule has 0 fully saturated rings. The number of amides is 1. The lowest BCUT2D eigenvalue weighted by atomic mass is 10.0. The normalized spacial score (nSPS) is 12.1. The fourth-order valence-electron chi connectivity index (χ4n) is 2.21. The van der Waals surface area contributed by atoms with Gasteiger partial charge in [0.1, 0.15) is 5.75 Å². The second kappa shape index (κ2) is 6.93. The first-order valence-corrected chi connectivity index (χ1v) is 6.63. The number of carbonyl (C=O) groups excluding carboxylic acids is 1. The van der Waals surface area contributed by atoms with Gasteiger partial charge in [-0.2, -0.15) is 0 Å². The first kappa shape index (κ1) is 16.0. The lowest BCUT2D eigenvalue weighted by molar-refractivity contribution is -0.151. The molecule has 5 nitrogen and oxygen atoms in total. The van der Waals surface area contributed by atoms with E-state index in [0.29, 0.717) is 17.9 Å². The van der Waals surface area contributed by atoms with Crippen molar-refractivity contribution in [3.63, 3.8) is 0 Å². The second-order valence-corrected chi connectivity index (χ2v) is 4.77. The van der Waals surface area contributed by atoms with Crippen LogP contribution in [0.5, 0.6) is 5.75 Å². The van der Waals surface area contributed by atoms with Gasteiger partial charge in [0, 0.05) is 13.0 Å². The van der Waals surface area contributed by atoms with Gasteiger partial charge in [0.2, 0.25) is 5.91 Å². The van der Waals surface area contributed by atoms with E-state index in [4.69, 9.17) is 4.74 Å². The highest BCUT2D eigenvalue weighted by atomic mass is 16.5. The lowest BCUT2D eigenvalue weighted by Gasteiger charge is -2.32. The van der Waals surface area contributed by atoms with Gasteiger partial charge < -0.3 is 14.7 Å². The third kappa shape index (κ3) is 3.73. The molecule has 0 saturated carbocycles. The van der Waals surface area contributed by atoms with Crippen LogP contribution in [-0.4, -0.2) is 34.5 Å². The third-order valence-electron chi connectivity index (χ3n) is 2.92. The lowest BCUT2D eigenvalue weighted by Crippen LogP contribution is -2.42. The molecule has 0 aliphatic carbocycles. The van der Waals surface area contributed by atoms with Crippen LogP contribution in [0.15, 0.2) is 24.3 Å². The van der Waals surface area contributed by atoms with Crippen molar-refractivity contribution in [1.82, 2.24) is 4.90 Å². The van der Waals surface area contributed by atoms with Crippen molar-refractivity contribution in [3.05, 3.63) is 29.8 Å². The van der Waals surface area contributed by atoms with Crippen LogP contribution in [0.4, 0.5) is 0 Å². The molecule has 0 aliphatic heterocycles. The van der Waals surface area contributed by atoms with Crippen LogP contribution >= 0.6 is 0 Å². The first-order valence-electron chi connectivity index (χ1n) is 6.63. The molecule has 1 unspecified atom stereocenters. The smallest absolute Gasteiger partial charge is 0.331 e. The quantitative estimate of drug-likeness (QED) is 0.868. The number of rotatable bonds is 6. The number of carboxylic acid groups (broad SMARTS) is 1. The van der Waals surface area contributed by atoms with Crippen molar-refractivity contribution in [2.45, 2.75) is 39.8 Å². The molecule has 1 aromatic carbocycles. The van der Waals surface area contributed by atoms with Crippen molar-refractivity contribution in [2.75, 3.05) is 6.61 Å². The van der Waals surface area contributed by atoms with Crippen LogP contribution in [-0.2, 0) is 9.59 Å². The van der Waals surface area contributed by atoms with Gasteiger partial charge in [0.25, 0.3) is 0 Å². The predicted molar refractivity (Wildman–Crippen MR) is 75.6 cm³/mol. The highest BCUT2D eigenvalue weighted by Crippen LogP contribution is 2.26. The Labute approximate surface area is 119 Å². The second-order valence-electron chi connectivity index (χ2n) is 4.77. The first-order chi connectivity index (χ1) is 9.38. The Bertz CT molecular complexity index is 485. The van der Waals surface area contributed by atoms with Crippen molar-refractivity contribution < 1.29 is 19.4 Å². The van der Waals surface area contributed by atoms with Crippen LogP contribution in [0.25, 0.3) is 0 Å². The summed E-state index contributed by atoms with van der Waals surface area (Å²) in [7, 11) is 0. The van der Waals surface area contributed by atoms with Crippen LogP contribution < -0.4 is 4.74 Å². The third-order valence-corrected chi connectivity index (χ3v) is 2.92. The van der Waals surface area contributed by atoms with Gasteiger partial charge in [-0.05, 0) is 38.5 Å². The summed E-state index contributed by atoms with van der Waals surface area (Å²) in [5.41, 5.74) is 0.535. The van der Waals surface area contributed by atoms with E-state index in [2.05, 4.69) is 0 Å². The molecule has 1 aromatic rings. The molecule has 1 atom stereocenters. The van der Waals surface area contributed by atoms with Gasteiger partial charge in [0.05, 0.1) is 6.61 Å². The fourth-order valence-corrected chi connectivity index (χ4v) is 2.21. The molecule has 20 heavy (non-hydrogen) atoms. The summed E-state index contributed by atoms with van der Waals surface area (Å²) in [5, 5.41) is 9.48. The van der Waals surface area contributed by atoms with E-state index < -0.39 is 12.0 Å². The van der Waals surface area contributed by atoms with Crippen LogP contribution in [0, 0.1) is 0 Å². The van der Waals surface area contributed by atoms with E-state index in [0.717, 1.165) is 0 Å².